The van der Waals surface area contributed by atoms with Crippen LogP contribution in [0.3, 0.4) is 0 Å². The fourth-order valence-electron chi connectivity index (χ4n) is 2.70. The van der Waals surface area contributed by atoms with E-state index in [1.165, 1.54) is 6.07 Å². The van der Waals surface area contributed by atoms with Crippen molar-refractivity contribution in [2.45, 2.75) is 51.9 Å². The van der Waals surface area contributed by atoms with Gasteiger partial charge in [-0.3, -0.25) is 4.98 Å². The zero-order valence-electron chi connectivity index (χ0n) is 14.2. The Bertz CT molecular complexity index is 718. The van der Waals surface area contributed by atoms with Gasteiger partial charge in [-0.2, -0.15) is 0 Å². The van der Waals surface area contributed by atoms with Crippen LogP contribution in [0, 0.1) is 5.82 Å². The van der Waals surface area contributed by atoms with Crippen molar-refractivity contribution in [2.24, 2.45) is 0 Å². The number of benzene rings is 1. The molecule has 2 rings (SSSR count). The Morgan fingerprint density at radius 3 is 2.26 bits per heavy atom. The minimum absolute atomic E-state index is 0.0518. The molecule has 0 saturated heterocycles. The third-order valence-corrected chi connectivity index (χ3v) is 4.55. The lowest BCUT2D eigenvalue weighted by atomic mass is 9.76. The topological polar surface area (TPSA) is 12.9 Å². The molecule has 0 aliphatic rings. The molecule has 0 amide bonds. The highest BCUT2D eigenvalue weighted by atomic mass is 35.5. The lowest BCUT2D eigenvalue weighted by Gasteiger charge is -2.29. The molecule has 0 unspecified atom stereocenters. The Hall–Kier alpha value is -1.12. The van der Waals surface area contributed by atoms with Crippen LogP contribution in [-0.4, -0.2) is 4.98 Å². The monoisotopic (exact) mass is 353 g/mol. The molecule has 0 N–H and O–H groups in total. The van der Waals surface area contributed by atoms with Gasteiger partial charge in [-0.05, 0) is 46.6 Å². The molecule has 1 aromatic carbocycles. The number of halogens is 3. The van der Waals surface area contributed by atoms with Gasteiger partial charge in [0.05, 0.1) is 10.0 Å². The summed E-state index contributed by atoms with van der Waals surface area (Å²) in [5, 5.41) is 0.789. The van der Waals surface area contributed by atoms with E-state index in [-0.39, 0.29) is 15.9 Å². The van der Waals surface area contributed by atoms with Gasteiger partial charge in [0.2, 0.25) is 0 Å². The molecular weight excluding hydrogens is 332 g/mol. The van der Waals surface area contributed by atoms with Crippen LogP contribution in [-0.2, 0) is 17.3 Å². The molecule has 4 heteroatoms. The molecule has 2 aromatic rings. The van der Waals surface area contributed by atoms with E-state index >= 15 is 0 Å². The Morgan fingerprint density at radius 1 is 1.04 bits per heavy atom. The number of hydrogen-bond acceptors (Lipinski definition) is 1. The molecule has 0 saturated carbocycles. The molecule has 1 nitrogen and oxygen atoms in total. The van der Waals surface area contributed by atoms with Crippen LogP contribution in [0.4, 0.5) is 4.39 Å². The predicted octanol–water partition coefficient (Wildman–Crippen LogP) is 6.35. The first-order valence-corrected chi connectivity index (χ1v) is 8.37. The molecular formula is C19H22Cl2FN. The second kappa shape index (κ2) is 6.41. The zero-order valence-corrected chi connectivity index (χ0v) is 15.7. The number of hydrogen-bond donors (Lipinski definition) is 0. The molecule has 124 valence electrons. The van der Waals surface area contributed by atoms with Crippen LogP contribution in [0.2, 0.25) is 10.0 Å². The number of rotatable bonds is 3. The maximum atomic E-state index is 13.4. The van der Waals surface area contributed by atoms with E-state index in [1.807, 2.05) is 6.07 Å². The Morgan fingerprint density at radius 2 is 1.70 bits per heavy atom. The van der Waals surface area contributed by atoms with Gasteiger partial charge in [-0.25, -0.2) is 4.39 Å². The van der Waals surface area contributed by atoms with E-state index in [4.69, 9.17) is 23.2 Å². The fraction of sp³-hybridized carbons (Fsp3) is 0.421. The summed E-state index contributed by atoms with van der Waals surface area (Å²) >= 11 is 12.1. The molecule has 0 aliphatic heterocycles. The van der Waals surface area contributed by atoms with E-state index in [9.17, 15) is 4.39 Å². The summed E-state index contributed by atoms with van der Waals surface area (Å²) in [4.78, 5) is 4.56. The van der Waals surface area contributed by atoms with Gasteiger partial charge < -0.3 is 0 Å². The highest BCUT2D eigenvalue weighted by Gasteiger charge is 2.27. The third-order valence-electron chi connectivity index (χ3n) is 4.06. The van der Waals surface area contributed by atoms with Gasteiger partial charge >= 0.3 is 0 Å². The number of pyridine rings is 1. The van der Waals surface area contributed by atoms with Gasteiger partial charge in [0.25, 0.3) is 0 Å². The Balaban J connectivity index is 2.42. The van der Waals surface area contributed by atoms with Crippen LogP contribution in [0.5, 0.6) is 0 Å². The van der Waals surface area contributed by atoms with E-state index in [2.05, 4.69) is 39.6 Å². The van der Waals surface area contributed by atoms with E-state index < -0.39 is 5.82 Å². The van der Waals surface area contributed by atoms with Crippen LogP contribution in [0.1, 0.15) is 51.4 Å². The first-order chi connectivity index (χ1) is 10.5. The fourth-order valence-corrected chi connectivity index (χ4v) is 3.03. The van der Waals surface area contributed by atoms with Gasteiger partial charge in [-0.15, -0.1) is 0 Å². The third kappa shape index (κ3) is 4.24. The van der Waals surface area contributed by atoms with Gasteiger partial charge in [0.1, 0.15) is 5.82 Å². The first kappa shape index (κ1) is 18.2. The van der Waals surface area contributed by atoms with Crippen molar-refractivity contribution in [1.29, 1.82) is 0 Å². The molecule has 1 aromatic heterocycles. The van der Waals surface area contributed by atoms with Crippen LogP contribution in [0.15, 0.2) is 30.5 Å². The highest BCUT2D eigenvalue weighted by Crippen LogP contribution is 2.34. The molecule has 0 atom stereocenters. The molecule has 1 heterocycles. The van der Waals surface area contributed by atoms with Crippen LogP contribution < -0.4 is 0 Å². The van der Waals surface area contributed by atoms with Crippen molar-refractivity contribution in [3.05, 3.63) is 63.1 Å². The van der Waals surface area contributed by atoms with Gasteiger partial charge in [0, 0.05) is 11.9 Å². The summed E-state index contributed by atoms with van der Waals surface area (Å²) in [5.74, 6) is -0.397. The average molecular weight is 354 g/mol. The molecule has 23 heavy (non-hydrogen) atoms. The summed E-state index contributed by atoms with van der Waals surface area (Å²) in [6.45, 7) is 10.7. The Kier molecular flexibility index (Phi) is 5.08. The van der Waals surface area contributed by atoms with Crippen molar-refractivity contribution in [1.82, 2.24) is 4.98 Å². The summed E-state index contributed by atoms with van der Waals surface area (Å²) in [7, 11) is 0. The molecule has 0 spiro atoms. The number of nitrogens with zero attached hydrogens (tertiary/aromatic N) is 1. The lowest BCUT2D eigenvalue weighted by Crippen LogP contribution is -2.25. The average Bonchev–Trinajstić information content (AvgIpc) is 2.42. The highest BCUT2D eigenvalue weighted by molar-refractivity contribution is 6.31. The van der Waals surface area contributed by atoms with Crippen LogP contribution in [0.25, 0.3) is 0 Å². The standard InChI is InChI=1S/C19H22Cl2FN/c1-18(2,3)14-9-13(20)11-23-17(14)10-19(4,5)12-6-7-16(22)15(21)8-12/h6-9,11H,10H2,1-5H3. The van der Waals surface area contributed by atoms with E-state index in [1.54, 1.807) is 18.3 Å². The minimum Gasteiger partial charge on any atom is -0.259 e. The minimum atomic E-state index is -0.397. The largest absolute Gasteiger partial charge is 0.259 e. The normalized spacial score (nSPS) is 12.5. The summed E-state index contributed by atoms with van der Waals surface area (Å²) in [6.07, 6.45) is 2.40. The van der Waals surface area contributed by atoms with Crippen molar-refractivity contribution in [3.63, 3.8) is 0 Å². The van der Waals surface area contributed by atoms with Crippen molar-refractivity contribution in [3.8, 4) is 0 Å². The lowest BCUT2D eigenvalue weighted by molar-refractivity contribution is 0.496. The van der Waals surface area contributed by atoms with E-state index in [0.717, 1.165) is 23.2 Å². The van der Waals surface area contributed by atoms with Gasteiger partial charge in [-0.1, -0.05) is 63.9 Å². The Labute approximate surface area is 147 Å². The summed E-state index contributed by atoms with van der Waals surface area (Å²) < 4.78 is 13.4. The summed E-state index contributed by atoms with van der Waals surface area (Å²) in [6, 6.07) is 6.88. The maximum absolute atomic E-state index is 13.4. The quantitative estimate of drug-likeness (QED) is 0.626. The zero-order chi connectivity index (χ0) is 17.4. The molecule has 0 radical (unpaired) electrons. The molecule has 0 bridgehead atoms. The second-order valence-corrected chi connectivity index (χ2v) is 8.43. The maximum Gasteiger partial charge on any atom is 0.141 e. The van der Waals surface area contributed by atoms with Gasteiger partial charge in [0.15, 0.2) is 0 Å². The predicted molar refractivity (Wildman–Crippen MR) is 96.1 cm³/mol. The molecule has 0 fully saturated rings. The van der Waals surface area contributed by atoms with Crippen molar-refractivity contribution in [2.75, 3.05) is 0 Å². The summed E-state index contributed by atoms with van der Waals surface area (Å²) in [5.41, 5.74) is 2.85. The SMILES string of the molecule is CC(C)(C)c1cc(Cl)cnc1CC(C)(C)c1ccc(F)c(Cl)c1. The second-order valence-electron chi connectivity index (χ2n) is 7.59. The smallest absolute Gasteiger partial charge is 0.141 e. The first-order valence-electron chi connectivity index (χ1n) is 7.61. The van der Waals surface area contributed by atoms with Crippen molar-refractivity contribution >= 4 is 23.2 Å². The van der Waals surface area contributed by atoms with Crippen LogP contribution >= 0.6 is 23.2 Å². The van der Waals surface area contributed by atoms with E-state index in [0.29, 0.717) is 5.02 Å². The van der Waals surface area contributed by atoms with Crippen molar-refractivity contribution < 1.29 is 4.39 Å². The molecule has 0 aliphatic carbocycles. The number of aromatic nitrogens is 1.